The number of benzene rings is 1. The van der Waals surface area contributed by atoms with Crippen molar-refractivity contribution in [3.8, 4) is 0 Å². The Bertz CT molecular complexity index is 364. The molecule has 0 saturated carbocycles. The third-order valence-corrected chi connectivity index (χ3v) is 4.31. The Morgan fingerprint density at radius 1 is 1.17 bits per heavy atom. The van der Waals surface area contributed by atoms with E-state index in [2.05, 4.69) is 45.9 Å². The van der Waals surface area contributed by atoms with Crippen molar-refractivity contribution >= 4 is 0 Å². The zero-order chi connectivity index (χ0) is 13.6. The highest BCUT2D eigenvalue weighted by Gasteiger charge is 2.26. The van der Waals surface area contributed by atoms with E-state index in [1.54, 1.807) is 0 Å². The van der Waals surface area contributed by atoms with Gasteiger partial charge in [0, 0.05) is 0 Å². The zero-order valence-electron chi connectivity index (χ0n) is 12.6. The van der Waals surface area contributed by atoms with Gasteiger partial charge in [-0.3, -0.25) is 0 Å². The van der Waals surface area contributed by atoms with Crippen LogP contribution in [0.3, 0.4) is 0 Å². The number of nitrogens with two attached hydrogens (primary N) is 1. The number of hydrogen-bond acceptors (Lipinski definition) is 1. The lowest BCUT2D eigenvalue weighted by molar-refractivity contribution is 0.251. The lowest BCUT2D eigenvalue weighted by Gasteiger charge is -2.32. The van der Waals surface area contributed by atoms with E-state index < -0.39 is 0 Å². The van der Waals surface area contributed by atoms with Gasteiger partial charge in [0.25, 0.3) is 0 Å². The van der Waals surface area contributed by atoms with Crippen LogP contribution in [0.5, 0.6) is 0 Å². The zero-order valence-corrected chi connectivity index (χ0v) is 12.6. The smallest absolute Gasteiger partial charge is 0.00174 e. The first-order valence-electron chi connectivity index (χ1n) is 7.33. The van der Waals surface area contributed by atoms with E-state index in [0.717, 1.165) is 13.0 Å². The normalized spacial score (nSPS) is 14.5. The van der Waals surface area contributed by atoms with Gasteiger partial charge in [-0.25, -0.2) is 0 Å². The third kappa shape index (κ3) is 3.84. The minimum Gasteiger partial charge on any atom is -0.330 e. The molecule has 1 nitrogen and oxygen atoms in total. The molecule has 0 aliphatic carbocycles. The highest BCUT2D eigenvalue weighted by atomic mass is 14.6. The summed E-state index contributed by atoms with van der Waals surface area (Å²) < 4.78 is 0. The van der Waals surface area contributed by atoms with Crippen LogP contribution in [0.25, 0.3) is 0 Å². The number of rotatable bonds is 7. The summed E-state index contributed by atoms with van der Waals surface area (Å²) in [5.41, 5.74) is 10.6. The molecule has 0 spiro atoms. The molecule has 2 N–H and O–H groups in total. The number of hydrogen-bond donors (Lipinski definition) is 1. The molecule has 1 heteroatoms. The number of aryl methyl sites for hydroxylation is 2. The van der Waals surface area contributed by atoms with Gasteiger partial charge in [-0.05, 0) is 56.2 Å². The topological polar surface area (TPSA) is 26.0 Å². The van der Waals surface area contributed by atoms with Crippen LogP contribution < -0.4 is 5.73 Å². The van der Waals surface area contributed by atoms with Crippen molar-refractivity contribution in [1.29, 1.82) is 0 Å². The maximum Gasteiger partial charge on any atom is -0.00174 e. The van der Waals surface area contributed by atoms with Crippen LogP contribution in [0.15, 0.2) is 18.2 Å². The van der Waals surface area contributed by atoms with E-state index in [0.29, 0.717) is 5.41 Å². The Hall–Kier alpha value is -0.820. The van der Waals surface area contributed by atoms with Gasteiger partial charge in [0.05, 0.1) is 0 Å². The van der Waals surface area contributed by atoms with Crippen molar-refractivity contribution < 1.29 is 0 Å². The van der Waals surface area contributed by atoms with Crippen LogP contribution >= 0.6 is 0 Å². The van der Waals surface area contributed by atoms with Crippen molar-refractivity contribution in [1.82, 2.24) is 0 Å². The molecule has 102 valence electrons. The lowest BCUT2D eigenvalue weighted by Crippen LogP contribution is -2.32. The Balaban J connectivity index is 2.91. The molecule has 1 aromatic carbocycles. The van der Waals surface area contributed by atoms with E-state index in [1.165, 1.54) is 42.4 Å². The Morgan fingerprint density at radius 2 is 1.89 bits per heavy atom. The largest absolute Gasteiger partial charge is 0.330 e. The second-order valence-electron chi connectivity index (χ2n) is 5.77. The third-order valence-electron chi connectivity index (χ3n) is 4.31. The Morgan fingerprint density at radius 3 is 2.44 bits per heavy atom. The molecule has 0 heterocycles. The average Bonchev–Trinajstić information content (AvgIpc) is 2.39. The first-order valence-corrected chi connectivity index (χ1v) is 7.33. The summed E-state index contributed by atoms with van der Waals surface area (Å²) in [5.74, 6) is 0. The first-order chi connectivity index (χ1) is 8.56. The fraction of sp³-hybridized carbons (Fsp3) is 0.647. The molecular weight excluding hydrogens is 218 g/mol. The Kier molecular flexibility index (Phi) is 5.87. The van der Waals surface area contributed by atoms with Crippen molar-refractivity contribution in [3.05, 3.63) is 34.9 Å². The first kappa shape index (κ1) is 15.2. The van der Waals surface area contributed by atoms with E-state index in [-0.39, 0.29) is 0 Å². The summed E-state index contributed by atoms with van der Waals surface area (Å²) in [6, 6.07) is 6.77. The predicted molar refractivity (Wildman–Crippen MR) is 80.9 cm³/mol. The van der Waals surface area contributed by atoms with Gasteiger partial charge in [-0.1, -0.05) is 50.5 Å². The van der Waals surface area contributed by atoms with Crippen molar-refractivity contribution in [2.24, 2.45) is 11.1 Å². The maximum atomic E-state index is 6.10. The summed E-state index contributed by atoms with van der Waals surface area (Å²) in [4.78, 5) is 0. The lowest BCUT2D eigenvalue weighted by atomic mass is 9.74. The molecule has 1 unspecified atom stereocenters. The minimum atomic E-state index is 0.300. The molecule has 0 aliphatic rings. The van der Waals surface area contributed by atoms with Crippen molar-refractivity contribution in [2.75, 3.05) is 6.54 Å². The van der Waals surface area contributed by atoms with Gasteiger partial charge in [-0.15, -0.1) is 0 Å². The molecule has 0 bridgehead atoms. The summed E-state index contributed by atoms with van der Waals surface area (Å²) in [6.45, 7) is 9.73. The van der Waals surface area contributed by atoms with Gasteiger partial charge >= 0.3 is 0 Å². The molecule has 1 atom stereocenters. The van der Waals surface area contributed by atoms with Crippen LogP contribution in [0.4, 0.5) is 0 Å². The summed E-state index contributed by atoms with van der Waals surface area (Å²) in [5, 5.41) is 0. The van der Waals surface area contributed by atoms with Gasteiger partial charge in [-0.2, -0.15) is 0 Å². The van der Waals surface area contributed by atoms with Crippen LogP contribution in [-0.2, 0) is 6.42 Å². The van der Waals surface area contributed by atoms with E-state index in [4.69, 9.17) is 5.73 Å². The quantitative estimate of drug-likeness (QED) is 0.759. The molecule has 18 heavy (non-hydrogen) atoms. The molecule has 0 saturated heterocycles. The van der Waals surface area contributed by atoms with Gasteiger partial charge < -0.3 is 5.73 Å². The molecule has 0 radical (unpaired) electrons. The fourth-order valence-electron chi connectivity index (χ4n) is 2.66. The van der Waals surface area contributed by atoms with E-state index in [1.807, 2.05) is 0 Å². The summed E-state index contributed by atoms with van der Waals surface area (Å²) in [6.07, 6.45) is 6.11. The molecule has 1 aromatic rings. The summed E-state index contributed by atoms with van der Waals surface area (Å²) in [7, 11) is 0. The minimum absolute atomic E-state index is 0.300. The van der Waals surface area contributed by atoms with Crippen molar-refractivity contribution in [2.45, 2.75) is 59.8 Å². The standard InChI is InChI=1S/C17H29N/c1-5-7-10-17(6-2,13-18)12-16-11-14(3)8-9-15(16)4/h8-9,11H,5-7,10,12-13,18H2,1-4H3. The average molecular weight is 247 g/mol. The fourth-order valence-corrected chi connectivity index (χ4v) is 2.66. The highest BCUT2D eigenvalue weighted by molar-refractivity contribution is 5.31. The van der Waals surface area contributed by atoms with Crippen LogP contribution in [-0.4, -0.2) is 6.54 Å². The van der Waals surface area contributed by atoms with Gasteiger partial charge in [0.1, 0.15) is 0 Å². The van der Waals surface area contributed by atoms with Crippen LogP contribution in [0.2, 0.25) is 0 Å². The number of unbranched alkanes of at least 4 members (excludes halogenated alkanes) is 1. The van der Waals surface area contributed by atoms with Crippen LogP contribution in [0.1, 0.15) is 56.2 Å². The molecule has 0 fully saturated rings. The monoisotopic (exact) mass is 247 g/mol. The molecule has 0 aromatic heterocycles. The van der Waals surface area contributed by atoms with Gasteiger partial charge in [0.15, 0.2) is 0 Å². The maximum absolute atomic E-state index is 6.10. The van der Waals surface area contributed by atoms with Gasteiger partial charge in [0.2, 0.25) is 0 Å². The second kappa shape index (κ2) is 6.94. The van der Waals surface area contributed by atoms with E-state index >= 15 is 0 Å². The molecule has 0 amide bonds. The summed E-state index contributed by atoms with van der Waals surface area (Å²) >= 11 is 0. The molecule has 1 rings (SSSR count). The van der Waals surface area contributed by atoms with Crippen LogP contribution in [0, 0.1) is 19.3 Å². The SMILES string of the molecule is CCCCC(CC)(CN)Cc1cc(C)ccc1C. The predicted octanol–water partition coefficient (Wildman–Crippen LogP) is 4.39. The molecular formula is C17H29N. The van der Waals surface area contributed by atoms with Crippen molar-refractivity contribution in [3.63, 3.8) is 0 Å². The Labute approximate surface area is 113 Å². The van der Waals surface area contributed by atoms with E-state index in [9.17, 15) is 0 Å². The highest BCUT2D eigenvalue weighted by Crippen LogP contribution is 2.33. The second-order valence-corrected chi connectivity index (χ2v) is 5.77. The molecule has 0 aliphatic heterocycles.